The summed E-state index contributed by atoms with van der Waals surface area (Å²) < 4.78 is 0. The molecule has 0 bridgehead atoms. The maximum Gasteiger partial charge on any atom is -0.00248 e. The van der Waals surface area contributed by atoms with E-state index in [1.54, 1.807) is 0 Å². The van der Waals surface area contributed by atoms with Crippen LogP contribution in [-0.2, 0) is 0 Å². The Labute approximate surface area is 104 Å². The van der Waals surface area contributed by atoms with Gasteiger partial charge in [0.2, 0.25) is 0 Å². The van der Waals surface area contributed by atoms with Crippen molar-refractivity contribution in [3.63, 3.8) is 0 Å². The SMILES string of the molecule is CCC(CCCCN(C)C)C(C)(CC)CC. The lowest BCUT2D eigenvalue weighted by atomic mass is 9.70. The van der Waals surface area contributed by atoms with E-state index in [-0.39, 0.29) is 0 Å². The number of unbranched alkanes of at least 4 members (excludes halogenated alkanes) is 1. The fourth-order valence-corrected chi connectivity index (χ4v) is 2.69. The van der Waals surface area contributed by atoms with Gasteiger partial charge in [0.25, 0.3) is 0 Å². The Morgan fingerprint density at radius 3 is 1.94 bits per heavy atom. The molecule has 0 spiro atoms. The normalized spacial score (nSPS) is 14.4. The first-order valence-electron chi connectivity index (χ1n) is 7.14. The Morgan fingerprint density at radius 1 is 1.00 bits per heavy atom. The predicted molar refractivity (Wildman–Crippen MR) is 74.9 cm³/mol. The first-order chi connectivity index (χ1) is 7.50. The van der Waals surface area contributed by atoms with Gasteiger partial charge in [-0.1, -0.05) is 53.4 Å². The average Bonchev–Trinajstić information content (AvgIpc) is 2.28. The van der Waals surface area contributed by atoms with E-state index in [4.69, 9.17) is 0 Å². The number of rotatable bonds is 9. The first kappa shape index (κ1) is 16.0. The van der Waals surface area contributed by atoms with Gasteiger partial charge in [-0.3, -0.25) is 0 Å². The van der Waals surface area contributed by atoms with E-state index in [2.05, 4.69) is 46.7 Å². The van der Waals surface area contributed by atoms with Crippen LogP contribution in [0, 0.1) is 11.3 Å². The van der Waals surface area contributed by atoms with Gasteiger partial charge in [0, 0.05) is 0 Å². The molecule has 1 heteroatoms. The van der Waals surface area contributed by atoms with Gasteiger partial charge < -0.3 is 4.90 Å². The Balaban J connectivity index is 3.99. The molecule has 1 atom stereocenters. The molecule has 0 heterocycles. The van der Waals surface area contributed by atoms with Crippen molar-refractivity contribution in [3.05, 3.63) is 0 Å². The molecule has 0 aromatic carbocycles. The van der Waals surface area contributed by atoms with Crippen LogP contribution >= 0.6 is 0 Å². The van der Waals surface area contributed by atoms with Crippen LogP contribution in [-0.4, -0.2) is 25.5 Å². The van der Waals surface area contributed by atoms with Gasteiger partial charge in [0.05, 0.1) is 0 Å². The van der Waals surface area contributed by atoms with Crippen molar-refractivity contribution in [2.24, 2.45) is 11.3 Å². The summed E-state index contributed by atoms with van der Waals surface area (Å²) in [7, 11) is 4.33. The molecule has 0 N–H and O–H groups in total. The number of hydrogen-bond acceptors (Lipinski definition) is 1. The van der Waals surface area contributed by atoms with Gasteiger partial charge in [0.1, 0.15) is 0 Å². The molecule has 0 saturated carbocycles. The third-order valence-electron chi connectivity index (χ3n) is 4.50. The van der Waals surface area contributed by atoms with Crippen molar-refractivity contribution in [2.75, 3.05) is 20.6 Å². The number of nitrogens with zero attached hydrogens (tertiary/aromatic N) is 1. The fourth-order valence-electron chi connectivity index (χ4n) is 2.69. The van der Waals surface area contributed by atoms with Gasteiger partial charge in [-0.2, -0.15) is 0 Å². The molecular formula is C15H33N. The van der Waals surface area contributed by atoms with Gasteiger partial charge in [-0.25, -0.2) is 0 Å². The van der Waals surface area contributed by atoms with Crippen LogP contribution in [0.25, 0.3) is 0 Å². The molecule has 0 saturated heterocycles. The van der Waals surface area contributed by atoms with Crippen LogP contribution in [0.4, 0.5) is 0 Å². The van der Waals surface area contributed by atoms with Gasteiger partial charge in [0.15, 0.2) is 0 Å². The highest BCUT2D eigenvalue weighted by molar-refractivity contribution is 4.79. The van der Waals surface area contributed by atoms with Crippen molar-refractivity contribution in [1.82, 2.24) is 4.90 Å². The third kappa shape index (κ3) is 5.34. The zero-order chi connectivity index (χ0) is 12.6. The van der Waals surface area contributed by atoms with Gasteiger partial charge in [-0.15, -0.1) is 0 Å². The molecule has 0 amide bonds. The summed E-state index contributed by atoms with van der Waals surface area (Å²) in [4.78, 5) is 2.29. The summed E-state index contributed by atoms with van der Waals surface area (Å²) in [6.07, 6.45) is 8.17. The molecule has 1 nitrogen and oxygen atoms in total. The Kier molecular flexibility index (Phi) is 8.09. The quantitative estimate of drug-likeness (QED) is 0.522. The van der Waals surface area contributed by atoms with Crippen LogP contribution in [0.1, 0.15) is 66.2 Å². The minimum Gasteiger partial charge on any atom is -0.309 e. The molecule has 0 rings (SSSR count). The minimum atomic E-state index is 0.576. The molecule has 0 aromatic rings. The predicted octanol–water partition coefficient (Wildman–Crippen LogP) is 4.57. The van der Waals surface area contributed by atoms with E-state index in [0.717, 1.165) is 5.92 Å². The van der Waals surface area contributed by atoms with E-state index in [1.165, 1.54) is 45.1 Å². The maximum absolute atomic E-state index is 2.48. The van der Waals surface area contributed by atoms with Crippen LogP contribution in [0.15, 0.2) is 0 Å². The van der Waals surface area contributed by atoms with Gasteiger partial charge >= 0.3 is 0 Å². The Hall–Kier alpha value is -0.0400. The van der Waals surface area contributed by atoms with Crippen LogP contribution in [0.5, 0.6) is 0 Å². The smallest absolute Gasteiger partial charge is 0.00248 e. The highest BCUT2D eigenvalue weighted by atomic mass is 15.0. The van der Waals surface area contributed by atoms with Gasteiger partial charge in [-0.05, 0) is 44.8 Å². The molecule has 0 aliphatic rings. The topological polar surface area (TPSA) is 3.24 Å². The van der Waals surface area contributed by atoms with E-state index < -0.39 is 0 Å². The van der Waals surface area contributed by atoms with Crippen molar-refractivity contribution >= 4 is 0 Å². The van der Waals surface area contributed by atoms with Crippen LogP contribution < -0.4 is 0 Å². The zero-order valence-corrected chi connectivity index (χ0v) is 12.5. The Bertz CT molecular complexity index is 159. The van der Waals surface area contributed by atoms with E-state index in [0.29, 0.717) is 5.41 Å². The van der Waals surface area contributed by atoms with Crippen molar-refractivity contribution in [1.29, 1.82) is 0 Å². The largest absolute Gasteiger partial charge is 0.309 e. The summed E-state index contributed by atoms with van der Waals surface area (Å²) in [5.41, 5.74) is 0.576. The fraction of sp³-hybridized carbons (Fsp3) is 1.00. The highest BCUT2D eigenvalue weighted by Crippen LogP contribution is 2.39. The lowest BCUT2D eigenvalue weighted by Crippen LogP contribution is -2.26. The van der Waals surface area contributed by atoms with Crippen molar-refractivity contribution in [3.8, 4) is 0 Å². The van der Waals surface area contributed by atoms with E-state index in [1.807, 2.05) is 0 Å². The van der Waals surface area contributed by atoms with Crippen molar-refractivity contribution < 1.29 is 0 Å². The lowest BCUT2D eigenvalue weighted by Gasteiger charge is -2.36. The van der Waals surface area contributed by atoms with Crippen molar-refractivity contribution in [2.45, 2.75) is 66.2 Å². The molecule has 1 unspecified atom stereocenters. The first-order valence-corrected chi connectivity index (χ1v) is 7.14. The molecule has 0 aliphatic carbocycles. The molecule has 98 valence electrons. The standard InChI is InChI=1S/C15H33N/c1-7-14(15(4,8-2)9-3)12-10-11-13-16(5)6/h14H,7-13H2,1-6H3. The van der Waals surface area contributed by atoms with Crippen LogP contribution in [0.2, 0.25) is 0 Å². The second kappa shape index (κ2) is 8.11. The number of hydrogen-bond donors (Lipinski definition) is 0. The lowest BCUT2D eigenvalue weighted by molar-refractivity contribution is 0.148. The molecular weight excluding hydrogens is 194 g/mol. The second-order valence-electron chi connectivity index (χ2n) is 5.77. The highest BCUT2D eigenvalue weighted by Gasteiger charge is 2.28. The average molecular weight is 227 g/mol. The Morgan fingerprint density at radius 2 is 1.56 bits per heavy atom. The molecule has 0 fully saturated rings. The molecule has 0 aromatic heterocycles. The summed E-state index contributed by atoms with van der Waals surface area (Å²) in [6, 6.07) is 0. The monoisotopic (exact) mass is 227 g/mol. The third-order valence-corrected chi connectivity index (χ3v) is 4.50. The summed E-state index contributed by atoms with van der Waals surface area (Å²) in [5.74, 6) is 0.921. The summed E-state index contributed by atoms with van der Waals surface area (Å²) in [5, 5.41) is 0. The van der Waals surface area contributed by atoms with E-state index >= 15 is 0 Å². The maximum atomic E-state index is 2.48. The molecule has 16 heavy (non-hydrogen) atoms. The summed E-state index contributed by atoms with van der Waals surface area (Å²) >= 11 is 0. The molecule has 0 aliphatic heterocycles. The van der Waals surface area contributed by atoms with Crippen LogP contribution in [0.3, 0.4) is 0 Å². The zero-order valence-electron chi connectivity index (χ0n) is 12.5. The molecule has 0 radical (unpaired) electrons. The summed E-state index contributed by atoms with van der Waals surface area (Å²) in [6.45, 7) is 10.8. The minimum absolute atomic E-state index is 0.576. The van der Waals surface area contributed by atoms with E-state index in [9.17, 15) is 0 Å². The second-order valence-corrected chi connectivity index (χ2v) is 5.77.